The minimum absolute atomic E-state index is 0.160. The van der Waals surface area contributed by atoms with Crippen molar-refractivity contribution in [2.75, 3.05) is 12.4 Å². The van der Waals surface area contributed by atoms with E-state index < -0.39 is 21.5 Å². The maximum Gasteiger partial charge on any atom is 0.419 e. The van der Waals surface area contributed by atoms with E-state index in [1.165, 1.54) is 15.2 Å². The molecule has 0 radical (unpaired) electrons. The van der Waals surface area contributed by atoms with Gasteiger partial charge in [0.1, 0.15) is 5.75 Å². The van der Waals surface area contributed by atoms with E-state index >= 15 is 0 Å². The summed E-state index contributed by atoms with van der Waals surface area (Å²) in [5, 5.41) is 0. The van der Waals surface area contributed by atoms with E-state index in [0.717, 1.165) is 10.4 Å². The lowest BCUT2D eigenvalue weighted by molar-refractivity contribution is 0.317. The van der Waals surface area contributed by atoms with Crippen LogP contribution in [0.4, 0.5) is 0 Å². The van der Waals surface area contributed by atoms with Gasteiger partial charge in [-0.3, -0.25) is 9.13 Å². The zero-order valence-corrected chi connectivity index (χ0v) is 19.0. The van der Waals surface area contributed by atoms with Crippen LogP contribution in [-0.2, 0) is 17.1 Å². The molecule has 0 amide bonds. The number of aryl methyl sites for hydroxylation is 1. The van der Waals surface area contributed by atoms with Gasteiger partial charge in [0, 0.05) is 19.2 Å². The molecule has 0 unspecified atom stereocenters. The molecule has 32 heavy (non-hydrogen) atoms. The van der Waals surface area contributed by atoms with Crippen LogP contribution in [0.5, 0.6) is 5.75 Å². The second kappa shape index (κ2) is 8.34. The zero-order chi connectivity index (χ0) is 23.0. The molecule has 9 nitrogen and oxygen atoms in total. The molecule has 0 spiro atoms. The van der Waals surface area contributed by atoms with Crippen molar-refractivity contribution in [1.29, 1.82) is 0 Å². The van der Waals surface area contributed by atoms with Gasteiger partial charge in [0.25, 0.3) is 0 Å². The van der Waals surface area contributed by atoms with E-state index in [0.29, 0.717) is 41.9 Å². The lowest BCUT2D eigenvalue weighted by Gasteiger charge is -2.08. The Kier molecular flexibility index (Phi) is 5.72. The van der Waals surface area contributed by atoms with Crippen molar-refractivity contribution in [2.24, 2.45) is 7.05 Å². The lowest BCUT2D eigenvalue weighted by Crippen LogP contribution is -2.30. The quantitative estimate of drug-likeness (QED) is 0.401. The summed E-state index contributed by atoms with van der Waals surface area (Å²) in [7, 11) is -2.39. The molecule has 0 bridgehead atoms. The number of ether oxygens (including phenoxy) is 1. The number of benzene rings is 2. The zero-order valence-electron chi connectivity index (χ0n) is 18.2. The Morgan fingerprint density at radius 1 is 1.00 bits per heavy atom. The summed E-state index contributed by atoms with van der Waals surface area (Å²) in [4.78, 5) is 25.5. The van der Waals surface area contributed by atoms with Crippen molar-refractivity contribution in [3.63, 3.8) is 0 Å². The molecule has 10 heteroatoms. The summed E-state index contributed by atoms with van der Waals surface area (Å²) >= 11 is 0. The van der Waals surface area contributed by atoms with Crippen LogP contribution in [0.2, 0.25) is 0 Å². The first-order chi connectivity index (χ1) is 15.3. The summed E-state index contributed by atoms with van der Waals surface area (Å²) in [6.07, 6.45) is 1.91. The van der Waals surface area contributed by atoms with Crippen LogP contribution in [0.3, 0.4) is 0 Å². The molecule has 0 aliphatic heterocycles. The second-order valence-corrected chi connectivity index (χ2v) is 9.57. The van der Waals surface area contributed by atoms with Gasteiger partial charge in [-0.1, -0.05) is 26.3 Å². The van der Waals surface area contributed by atoms with Crippen molar-refractivity contribution < 1.29 is 17.6 Å². The maximum absolute atomic E-state index is 13.5. The average Bonchev–Trinajstić information content (AvgIpc) is 3.21. The fourth-order valence-electron chi connectivity index (χ4n) is 3.66. The third-order valence-corrected chi connectivity index (χ3v) is 7.01. The number of imidazole rings is 1. The molecule has 4 rings (SSSR count). The van der Waals surface area contributed by atoms with Crippen molar-refractivity contribution >= 4 is 32.2 Å². The standard InChI is InChI=1S/C22H25N3O6S/c1-4-6-11-32(28,29)25-18-14-20-19(23(3)22(27)31-20)13-17(18)24(21(25)26)15-8-7-9-16(12-15)30-10-5-2/h7-9,12-14H,4-6,10-11H2,1-3H3. The summed E-state index contributed by atoms with van der Waals surface area (Å²) in [6, 6.07) is 9.96. The van der Waals surface area contributed by atoms with E-state index in [1.807, 2.05) is 13.8 Å². The minimum atomic E-state index is -3.94. The van der Waals surface area contributed by atoms with E-state index in [2.05, 4.69) is 0 Å². The number of fused-ring (bicyclic) bond motifs is 2. The molecule has 4 aromatic rings. The van der Waals surface area contributed by atoms with Gasteiger partial charge in [-0.25, -0.2) is 18.0 Å². The van der Waals surface area contributed by atoms with Crippen LogP contribution in [0.1, 0.15) is 33.1 Å². The fourth-order valence-corrected chi connectivity index (χ4v) is 5.26. The average molecular weight is 460 g/mol. The van der Waals surface area contributed by atoms with Crippen LogP contribution < -0.4 is 16.2 Å². The van der Waals surface area contributed by atoms with E-state index in [4.69, 9.17) is 9.15 Å². The molecule has 2 heterocycles. The molecule has 0 atom stereocenters. The largest absolute Gasteiger partial charge is 0.494 e. The number of rotatable bonds is 8. The van der Waals surface area contributed by atoms with Crippen molar-refractivity contribution in [2.45, 2.75) is 33.1 Å². The topological polar surface area (TPSA) is 105 Å². The first-order valence-electron chi connectivity index (χ1n) is 10.5. The van der Waals surface area contributed by atoms with Gasteiger partial charge in [-0.15, -0.1) is 0 Å². The van der Waals surface area contributed by atoms with Crippen LogP contribution in [-0.4, -0.2) is 33.9 Å². The number of hydrogen-bond donors (Lipinski definition) is 0. The Labute approximate surface area is 184 Å². The van der Waals surface area contributed by atoms with E-state index in [1.54, 1.807) is 37.4 Å². The highest BCUT2D eigenvalue weighted by Crippen LogP contribution is 2.26. The Morgan fingerprint density at radius 2 is 1.78 bits per heavy atom. The number of oxazole rings is 1. The van der Waals surface area contributed by atoms with Gasteiger partial charge in [0.2, 0.25) is 10.0 Å². The van der Waals surface area contributed by atoms with Gasteiger partial charge in [0.05, 0.1) is 34.6 Å². The van der Waals surface area contributed by atoms with E-state index in [9.17, 15) is 18.0 Å². The normalized spacial score (nSPS) is 12.1. The SMILES string of the molecule is CCCCS(=O)(=O)n1c(=O)n(-c2cccc(OCCC)c2)c2cc3c(cc21)oc(=O)n3C. The highest BCUT2D eigenvalue weighted by molar-refractivity contribution is 7.90. The Bertz CT molecular complexity index is 1520. The Hall–Kier alpha value is -3.27. The number of unbranched alkanes of at least 4 members (excludes halogenated alkanes) is 1. The molecule has 0 aliphatic carbocycles. The first kappa shape index (κ1) is 21.9. The molecular formula is C22H25N3O6S. The van der Waals surface area contributed by atoms with Gasteiger partial charge < -0.3 is 9.15 Å². The molecule has 2 aromatic carbocycles. The van der Waals surface area contributed by atoms with Crippen LogP contribution in [0, 0.1) is 0 Å². The van der Waals surface area contributed by atoms with E-state index in [-0.39, 0.29) is 16.9 Å². The summed E-state index contributed by atoms with van der Waals surface area (Å²) < 4.78 is 40.6. The minimum Gasteiger partial charge on any atom is -0.494 e. The highest BCUT2D eigenvalue weighted by Gasteiger charge is 2.25. The predicted molar refractivity (Wildman–Crippen MR) is 122 cm³/mol. The van der Waals surface area contributed by atoms with Crippen molar-refractivity contribution in [1.82, 2.24) is 13.1 Å². The first-order valence-corrected chi connectivity index (χ1v) is 12.1. The lowest BCUT2D eigenvalue weighted by atomic mass is 10.2. The van der Waals surface area contributed by atoms with Crippen LogP contribution in [0.25, 0.3) is 27.8 Å². The van der Waals surface area contributed by atoms with Gasteiger partial charge >= 0.3 is 11.4 Å². The fraction of sp³-hybridized carbons (Fsp3) is 0.364. The Morgan fingerprint density at radius 3 is 2.50 bits per heavy atom. The monoisotopic (exact) mass is 459 g/mol. The third-order valence-electron chi connectivity index (χ3n) is 5.30. The molecule has 0 aliphatic rings. The molecule has 170 valence electrons. The molecule has 0 N–H and O–H groups in total. The van der Waals surface area contributed by atoms with Crippen molar-refractivity contribution in [3.05, 3.63) is 57.4 Å². The summed E-state index contributed by atoms with van der Waals surface area (Å²) in [5.74, 6) is -0.168. The number of aromatic nitrogens is 3. The summed E-state index contributed by atoms with van der Waals surface area (Å²) in [6.45, 7) is 4.39. The Balaban J connectivity index is 2.06. The molecular weight excluding hydrogens is 434 g/mol. The third kappa shape index (κ3) is 3.64. The van der Waals surface area contributed by atoms with Gasteiger partial charge in [0.15, 0.2) is 5.58 Å². The number of hydrogen-bond acceptors (Lipinski definition) is 6. The second-order valence-electron chi connectivity index (χ2n) is 7.63. The molecule has 0 saturated heterocycles. The van der Waals surface area contributed by atoms with Crippen LogP contribution in [0.15, 0.2) is 50.4 Å². The predicted octanol–water partition coefficient (Wildman–Crippen LogP) is 3.00. The molecule has 0 fully saturated rings. The molecule has 2 aromatic heterocycles. The van der Waals surface area contributed by atoms with Crippen molar-refractivity contribution in [3.8, 4) is 11.4 Å². The summed E-state index contributed by atoms with van der Waals surface area (Å²) in [5.41, 5.74) is 0.936. The van der Waals surface area contributed by atoms with Gasteiger partial charge in [-0.05, 0) is 31.0 Å². The molecule has 0 saturated carbocycles. The van der Waals surface area contributed by atoms with Crippen LogP contribution >= 0.6 is 0 Å². The maximum atomic E-state index is 13.5. The smallest absolute Gasteiger partial charge is 0.419 e. The van der Waals surface area contributed by atoms with Gasteiger partial charge in [-0.2, -0.15) is 3.97 Å². The highest BCUT2D eigenvalue weighted by atomic mass is 32.2. The number of nitrogens with zero attached hydrogens (tertiary/aromatic N) is 3.